The molecule has 180 valence electrons. The number of amides is 1. The number of anilines is 2. The number of ether oxygens (including phenoxy) is 1. The molecule has 0 atom stereocenters. The third-order valence-corrected chi connectivity index (χ3v) is 6.05. The summed E-state index contributed by atoms with van der Waals surface area (Å²) in [7, 11) is 1.60. The third-order valence-electron chi connectivity index (χ3n) is 6.05. The summed E-state index contributed by atoms with van der Waals surface area (Å²) < 4.78 is 6.48. The van der Waals surface area contributed by atoms with Crippen molar-refractivity contribution in [3.8, 4) is 0 Å². The summed E-state index contributed by atoms with van der Waals surface area (Å²) in [6.45, 7) is 1.07. The summed E-state index contributed by atoms with van der Waals surface area (Å²) in [5, 5.41) is 3.12. The molecule has 4 N–H and O–H groups in total. The number of benzene rings is 1. The van der Waals surface area contributed by atoms with Gasteiger partial charge in [0.2, 0.25) is 5.91 Å². The second kappa shape index (κ2) is 12.2. The van der Waals surface area contributed by atoms with Crippen molar-refractivity contribution in [3.05, 3.63) is 56.7 Å². The van der Waals surface area contributed by atoms with Crippen molar-refractivity contribution >= 4 is 17.4 Å². The summed E-state index contributed by atoms with van der Waals surface area (Å²) in [5.41, 5.74) is 6.20. The fraction of sp³-hybridized carbons (Fsp3) is 0.542. The number of hydrogen-bond donors (Lipinski definition) is 3. The van der Waals surface area contributed by atoms with Crippen LogP contribution >= 0.6 is 0 Å². The average molecular weight is 458 g/mol. The smallest absolute Gasteiger partial charge is 0.330 e. The lowest BCUT2D eigenvalue weighted by atomic mass is 10.1. The summed E-state index contributed by atoms with van der Waals surface area (Å²) >= 11 is 0. The lowest BCUT2D eigenvalue weighted by Crippen LogP contribution is -2.45. The van der Waals surface area contributed by atoms with Gasteiger partial charge in [-0.15, -0.1) is 0 Å². The first kappa shape index (κ1) is 24.6. The van der Waals surface area contributed by atoms with Gasteiger partial charge in [0.15, 0.2) is 0 Å². The van der Waals surface area contributed by atoms with Gasteiger partial charge in [0, 0.05) is 26.3 Å². The molecule has 1 amide bonds. The fourth-order valence-electron chi connectivity index (χ4n) is 4.35. The van der Waals surface area contributed by atoms with E-state index in [4.69, 9.17) is 10.5 Å². The number of nitrogens with two attached hydrogens (primary N) is 1. The zero-order chi connectivity index (χ0) is 23.6. The van der Waals surface area contributed by atoms with Gasteiger partial charge in [-0.3, -0.25) is 19.1 Å². The van der Waals surface area contributed by atoms with E-state index in [1.807, 2.05) is 30.3 Å². The van der Waals surface area contributed by atoms with Crippen LogP contribution in [-0.2, 0) is 16.1 Å². The molecule has 33 heavy (non-hydrogen) atoms. The molecule has 0 aliphatic heterocycles. The van der Waals surface area contributed by atoms with Gasteiger partial charge in [0.05, 0.1) is 13.1 Å². The van der Waals surface area contributed by atoms with Crippen LogP contribution in [0.2, 0.25) is 0 Å². The Morgan fingerprint density at radius 2 is 1.88 bits per heavy atom. The largest absolute Gasteiger partial charge is 0.385 e. The van der Waals surface area contributed by atoms with E-state index in [1.54, 1.807) is 12.0 Å². The zero-order valence-corrected chi connectivity index (χ0v) is 19.3. The van der Waals surface area contributed by atoms with Crippen LogP contribution in [0.15, 0.2) is 39.9 Å². The highest BCUT2D eigenvalue weighted by Crippen LogP contribution is 2.19. The second-order valence-electron chi connectivity index (χ2n) is 8.59. The Labute approximate surface area is 193 Å². The lowest BCUT2D eigenvalue weighted by molar-refractivity contribution is -0.120. The summed E-state index contributed by atoms with van der Waals surface area (Å²) in [4.78, 5) is 42.3. The Morgan fingerprint density at radius 3 is 2.55 bits per heavy atom. The third kappa shape index (κ3) is 6.95. The second-order valence-corrected chi connectivity index (χ2v) is 8.59. The Balaban J connectivity index is 1.85. The molecule has 1 aliphatic rings. The molecule has 0 radical (unpaired) electrons. The molecule has 1 aromatic carbocycles. The number of H-pyrrole nitrogens is 1. The predicted octanol–water partition coefficient (Wildman–Crippen LogP) is 1.85. The number of carbonyl (C=O) groups excluding carboxylic acids is 1. The number of rotatable bonds is 10. The molecule has 9 nitrogen and oxygen atoms in total. The first-order valence-corrected chi connectivity index (χ1v) is 11.7. The van der Waals surface area contributed by atoms with Crippen molar-refractivity contribution in [1.29, 1.82) is 0 Å². The van der Waals surface area contributed by atoms with E-state index in [0.717, 1.165) is 31.2 Å². The number of nitrogens with zero attached hydrogens (tertiary/aromatic N) is 2. The summed E-state index contributed by atoms with van der Waals surface area (Å²) in [6.07, 6.45) is 7.16. The molecular formula is C24H35N5O4. The number of hydrogen-bond acceptors (Lipinski definition) is 6. The van der Waals surface area contributed by atoms with Crippen LogP contribution in [0.5, 0.6) is 0 Å². The van der Waals surface area contributed by atoms with Gasteiger partial charge in [-0.1, -0.05) is 56.0 Å². The van der Waals surface area contributed by atoms with Crippen molar-refractivity contribution < 1.29 is 9.53 Å². The molecule has 0 saturated heterocycles. The molecule has 1 aromatic heterocycles. The minimum absolute atomic E-state index is 0.0168. The Kier molecular flexibility index (Phi) is 9.12. The summed E-state index contributed by atoms with van der Waals surface area (Å²) in [6, 6.07) is 9.55. The maximum absolute atomic E-state index is 12.9. The van der Waals surface area contributed by atoms with E-state index in [1.165, 1.54) is 17.4 Å². The number of aromatic nitrogens is 2. The first-order chi connectivity index (χ1) is 16.0. The minimum Gasteiger partial charge on any atom is -0.385 e. The van der Waals surface area contributed by atoms with Crippen molar-refractivity contribution in [1.82, 2.24) is 14.9 Å². The van der Waals surface area contributed by atoms with Crippen LogP contribution in [0.3, 0.4) is 0 Å². The molecule has 1 saturated carbocycles. The number of nitrogens with one attached hydrogen (secondary N) is 2. The molecule has 1 fully saturated rings. The molecule has 3 rings (SSSR count). The van der Waals surface area contributed by atoms with Crippen LogP contribution in [0.4, 0.5) is 11.5 Å². The van der Waals surface area contributed by atoms with E-state index in [0.29, 0.717) is 19.6 Å². The highest BCUT2D eigenvalue weighted by Gasteiger charge is 2.22. The molecular weight excluding hydrogens is 422 g/mol. The van der Waals surface area contributed by atoms with Crippen molar-refractivity contribution in [3.63, 3.8) is 0 Å². The highest BCUT2D eigenvalue weighted by atomic mass is 16.5. The maximum Gasteiger partial charge on any atom is 0.330 e. The van der Waals surface area contributed by atoms with Crippen molar-refractivity contribution in [2.45, 2.75) is 57.5 Å². The average Bonchev–Trinajstić information content (AvgIpc) is 3.06. The number of nitrogen functional groups attached to an aromatic ring is 1. The van der Waals surface area contributed by atoms with Crippen LogP contribution in [0.1, 0.15) is 50.5 Å². The molecule has 0 bridgehead atoms. The van der Waals surface area contributed by atoms with E-state index >= 15 is 0 Å². The van der Waals surface area contributed by atoms with Gasteiger partial charge in [-0.25, -0.2) is 4.79 Å². The van der Waals surface area contributed by atoms with E-state index < -0.39 is 11.2 Å². The Morgan fingerprint density at radius 1 is 1.18 bits per heavy atom. The van der Waals surface area contributed by atoms with Gasteiger partial charge >= 0.3 is 5.69 Å². The summed E-state index contributed by atoms with van der Waals surface area (Å²) in [5.74, 6) is -0.105. The van der Waals surface area contributed by atoms with Crippen molar-refractivity contribution in [2.24, 2.45) is 0 Å². The maximum atomic E-state index is 12.9. The Bertz CT molecular complexity index is 1010. The van der Waals surface area contributed by atoms with Gasteiger partial charge < -0.3 is 20.7 Å². The zero-order valence-electron chi connectivity index (χ0n) is 19.3. The standard InChI is InChI=1S/C24H35N5O4/c1-33-15-9-14-28(17-20(30)26-19-12-7-2-3-8-13-19)21-22(25)29(24(32)27-23(21)31)16-18-10-5-4-6-11-18/h4-6,10-11,19H,2-3,7-9,12-17,25H2,1H3,(H,26,30)(H,27,31,32). The molecule has 2 aromatic rings. The lowest BCUT2D eigenvalue weighted by Gasteiger charge is -2.27. The first-order valence-electron chi connectivity index (χ1n) is 11.7. The Hall–Kier alpha value is -3.07. The number of carbonyl (C=O) groups is 1. The van der Waals surface area contributed by atoms with Crippen LogP contribution in [-0.4, -0.2) is 48.3 Å². The normalized spacial score (nSPS) is 14.6. The molecule has 1 aliphatic carbocycles. The quantitative estimate of drug-likeness (QED) is 0.370. The van der Waals surface area contributed by atoms with Crippen LogP contribution < -0.4 is 27.2 Å². The monoisotopic (exact) mass is 457 g/mol. The SMILES string of the molecule is COCCCN(CC(=O)NC1CCCCCC1)c1c(N)n(Cc2ccccc2)c(=O)[nH]c1=O. The van der Waals surface area contributed by atoms with Gasteiger partial charge in [-0.2, -0.15) is 0 Å². The van der Waals surface area contributed by atoms with Gasteiger partial charge in [0.25, 0.3) is 5.56 Å². The highest BCUT2D eigenvalue weighted by molar-refractivity contribution is 5.82. The molecule has 9 heteroatoms. The number of aromatic amines is 1. The minimum atomic E-state index is -0.596. The molecule has 1 heterocycles. The van der Waals surface area contributed by atoms with Gasteiger partial charge in [-0.05, 0) is 24.8 Å². The fourth-order valence-corrected chi connectivity index (χ4v) is 4.35. The van der Waals surface area contributed by atoms with Crippen molar-refractivity contribution in [2.75, 3.05) is 37.4 Å². The van der Waals surface area contributed by atoms with E-state index in [-0.39, 0.29) is 36.5 Å². The topological polar surface area (TPSA) is 122 Å². The molecule has 0 unspecified atom stereocenters. The predicted molar refractivity (Wildman–Crippen MR) is 130 cm³/mol. The van der Waals surface area contributed by atoms with Crippen LogP contribution in [0, 0.1) is 0 Å². The van der Waals surface area contributed by atoms with E-state index in [2.05, 4.69) is 10.3 Å². The molecule has 0 spiro atoms. The number of methoxy groups -OCH3 is 1. The van der Waals surface area contributed by atoms with E-state index in [9.17, 15) is 14.4 Å². The van der Waals surface area contributed by atoms with Gasteiger partial charge in [0.1, 0.15) is 11.5 Å². The van der Waals surface area contributed by atoms with Crippen LogP contribution in [0.25, 0.3) is 0 Å².